The van der Waals surface area contributed by atoms with Gasteiger partial charge in [0.25, 0.3) is 5.56 Å². The lowest BCUT2D eigenvalue weighted by Crippen LogP contribution is -2.24. The van der Waals surface area contributed by atoms with E-state index in [9.17, 15) is 4.79 Å². The van der Waals surface area contributed by atoms with E-state index in [0.29, 0.717) is 0 Å². The zero-order chi connectivity index (χ0) is 12.0. The number of halogens is 1. The van der Waals surface area contributed by atoms with Crippen molar-refractivity contribution in [3.63, 3.8) is 0 Å². The minimum absolute atomic E-state index is 0.101. The zero-order valence-electron chi connectivity index (χ0n) is 10.0. The van der Waals surface area contributed by atoms with Crippen molar-refractivity contribution in [3.05, 3.63) is 25.9 Å². The number of aryl methyl sites for hydroxylation is 2. The van der Waals surface area contributed by atoms with Crippen LogP contribution < -0.4 is 5.56 Å². The molecule has 0 saturated carbocycles. The second-order valence-electron chi connectivity index (χ2n) is 4.06. The standard InChI is InChI=1S/C12H19IN2O/c1-3-4-5-6-7-8-15-9-14-10(2)11(13)12(15)16/h9H,3-8H2,1-2H3. The molecule has 16 heavy (non-hydrogen) atoms. The average Bonchev–Trinajstić information content (AvgIpc) is 2.28. The molecule has 0 atom stereocenters. The van der Waals surface area contributed by atoms with Gasteiger partial charge in [-0.25, -0.2) is 4.98 Å². The number of rotatable bonds is 6. The predicted octanol–water partition coefficient (Wildman–Crippen LogP) is 3.13. The van der Waals surface area contributed by atoms with Gasteiger partial charge in [0.15, 0.2) is 0 Å². The van der Waals surface area contributed by atoms with Crippen molar-refractivity contribution < 1.29 is 0 Å². The third-order valence-electron chi connectivity index (χ3n) is 2.66. The van der Waals surface area contributed by atoms with Crippen LogP contribution in [0.2, 0.25) is 0 Å². The first-order valence-corrected chi connectivity index (χ1v) is 6.96. The number of hydrogen-bond donors (Lipinski definition) is 0. The maximum Gasteiger partial charge on any atom is 0.266 e. The van der Waals surface area contributed by atoms with Crippen molar-refractivity contribution in [3.8, 4) is 0 Å². The molecule has 4 heteroatoms. The molecule has 0 aliphatic rings. The van der Waals surface area contributed by atoms with Gasteiger partial charge in [-0.15, -0.1) is 0 Å². The Balaban J connectivity index is 2.49. The molecule has 0 aromatic carbocycles. The molecule has 1 aromatic heterocycles. The Morgan fingerprint density at radius 1 is 1.31 bits per heavy atom. The minimum atomic E-state index is 0.101. The first-order valence-electron chi connectivity index (χ1n) is 5.88. The lowest BCUT2D eigenvalue weighted by Gasteiger charge is -2.06. The molecule has 3 nitrogen and oxygen atoms in total. The minimum Gasteiger partial charge on any atom is -0.298 e. The highest BCUT2D eigenvalue weighted by atomic mass is 127. The van der Waals surface area contributed by atoms with Gasteiger partial charge in [-0.1, -0.05) is 32.6 Å². The van der Waals surface area contributed by atoms with E-state index in [2.05, 4.69) is 34.5 Å². The van der Waals surface area contributed by atoms with Crippen LogP contribution >= 0.6 is 22.6 Å². The van der Waals surface area contributed by atoms with E-state index in [0.717, 1.165) is 22.2 Å². The number of aromatic nitrogens is 2. The first kappa shape index (κ1) is 13.7. The van der Waals surface area contributed by atoms with Gasteiger partial charge < -0.3 is 0 Å². The molecule has 0 amide bonds. The highest BCUT2D eigenvalue weighted by Gasteiger charge is 2.04. The Morgan fingerprint density at radius 3 is 2.69 bits per heavy atom. The molecule has 1 aromatic rings. The summed E-state index contributed by atoms with van der Waals surface area (Å²) in [6.45, 7) is 4.87. The summed E-state index contributed by atoms with van der Waals surface area (Å²) in [6.07, 6.45) is 7.75. The van der Waals surface area contributed by atoms with Crippen molar-refractivity contribution in [1.29, 1.82) is 0 Å². The molecule has 0 fully saturated rings. The summed E-state index contributed by atoms with van der Waals surface area (Å²) < 4.78 is 2.47. The molecule has 0 spiro atoms. The maximum atomic E-state index is 11.8. The van der Waals surface area contributed by atoms with Gasteiger partial charge in [-0.2, -0.15) is 0 Å². The summed E-state index contributed by atoms with van der Waals surface area (Å²) in [5.74, 6) is 0. The van der Waals surface area contributed by atoms with Crippen LogP contribution in [0.1, 0.15) is 44.7 Å². The summed E-state index contributed by atoms with van der Waals surface area (Å²) >= 11 is 2.07. The van der Waals surface area contributed by atoms with Crippen molar-refractivity contribution in [1.82, 2.24) is 9.55 Å². The van der Waals surface area contributed by atoms with E-state index in [-0.39, 0.29) is 5.56 Å². The number of nitrogens with zero attached hydrogens (tertiary/aromatic N) is 2. The van der Waals surface area contributed by atoms with E-state index in [1.54, 1.807) is 10.9 Å². The summed E-state index contributed by atoms with van der Waals surface area (Å²) in [7, 11) is 0. The summed E-state index contributed by atoms with van der Waals surface area (Å²) in [5, 5.41) is 0. The van der Waals surface area contributed by atoms with Crippen LogP contribution in [0.5, 0.6) is 0 Å². The lowest BCUT2D eigenvalue weighted by molar-refractivity contribution is 0.550. The Labute approximate surface area is 110 Å². The van der Waals surface area contributed by atoms with Crippen molar-refractivity contribution >= 4 is 22.6 Å². The van der Waals surface area contributed by atoms with Gasteiger partial charge >= 0.3 is 0 Å². The smallest absolute Gasteiger partial charge is 0.266 e. The fourth-order valence-corrected chi connectivity index (χ4v) is 2.04. The van der Waals surface area contributed by atoms with Gasteiger partial charge in [0.05, 0.1) is 15.6 Å². The van der Waals surface area contributed by atoms with Gasteiger partial charge in [-0.05, 0) is 35.9 Å². The fourth-order valence-electron chi connectivity index (χ4n) is 1.59. The Bertz CT molecular complexity index is 387. The first-order chi connectivity index (χ1) is 7.66. The second-order valence-corrected chi connectivity index (χ2v) is 5.14. The molecule has 0 N–H and O–H groups in total. The molecule has 0 bridgehead atoms. The molecule has 0 radical (unpaired) electrons. The van der Waals surface area contributed by atoms with Crippen LogP contribution in [0, 0.1) is 10.5 Å². The van der Waals surface area contributed by atoms with Crippen molar-refractivity contribution in [2.45, 2.75) is 52.5 Å². The molecule has 90 valence electrons. The fraction of sp³-hybridized carbons (Fsp3) is 0.667. The summed E-state index contributed by atoms with van der Waals surface area (Å²) in [5.41, 5.74) is 0.927. The van der Waals surface area contributed by atoms with E-state index in [1.807, 2.05) is 6.92 Å². The average molecular weight is 334 g/mol. The van der Waals surface area contributed by atoms with Gasteiger partial charge in [0, 0.05) is 6.54 Å². The lowest BCUT2D eigenvalue weighted by atomic mass is 10.1. The highest BCUT2D eigenvalue weighted by molar-refractivity contribution is 14.1. The molecule has 1 rings (SSSR count). The SMILES string of the molecule is CCCCCCCn1cnc(C)c(I)c1=O. The van der Waals surface area contributed by atoms with Gasteiger partial charge in [0.2, 0.25) is 0 Å². The van der Waals surface area contributed by atoms with Crippen LogP contribution in [-0.2, 0) is 6.54 Å². The normalized spacial score (nSPS) is 10.7. The van der Waals surface area contributed by atoms with E-state index >= 15 is 0 Å². The monoisotopic (exact) mass is 334 g/mol. The molecular formula is C12H19IN2O. The van der Waals surface area contributed by atoms with Crippen LogP contribution in [0.4, 0.5) is 0 Å². The second kappa shape index (κ2) is 7.04. The van der Waals surface area contributed by atoms with Crippen LogP contribution in [0.25, 0.3) is 0 Å². The Kier molecular flexibility index (Phi) is 6.01. The van der Waals surface area contributed by atoms with Gasteiger partial charge in [0.1, 0.15) is 0 Å². The molecule has 0 aliphatic heterocycles. The molecule has 0 aliphatic carbocycles. The Hall–Kier alpha value is -0.390. The van der Waals surface area contributed by atoms with Crippen molar-refractivity contribution in [2.24, 2.45) is 0 Å². The molecule has 0 saturated heterocycles. The number of hydrogen-bond acceptors (Lipinski definition) is 2. The summed E-state index contributed by atoms with van der Waals surface area (Å²) in [6, 6.07) is 0. The summed E-state index contributed by atoms with van der Waals surface area (Å²) in [4.78, 5) is 16.0. The van der Waals surface area contributed by atoms with E-state index < -0.39 is 0 Å². The van der Waals surface area contributed by atoms with Crippen LogP contribution in [-0.4, -0.2) is 9.55 Å². The largest absolute Gasteiger partial charge is 0.298 e. The number of unbranched alkanes of at least 4 members (excludes halogenated alkanes) is 4. The van der Waals surface area contributed by atoms with Gasteiger partial charge in [-0.3, -0.25) is 9.36 Å². The van der Waals surface area contributed by atoms with Crippen molar-refractivity contribution in [2.75, 3.05) is 0 Å². The quantitative estimate of drug-likeness (QED) is 0.592. The molecule has 1 heterocycles. The third-order valence-corrected chi connectivity index (χ3v) is 3.90. The highest BCUT2D eigenvalue weighted by Crippen LogP contribution is 2.05. The predicted molar refractivity (Wildman–Crippen MR) is 74.7 cm³/mol. The maximum absolute atomic E-state index is 11.8. The van der Waals surface area contributed by atoms with Crippen LogP contribution in [0.15, 0.2) is 11.1 Å². The molecular weight excluding hydrogens is 315 g/mol. The zero-order valence-corrected chi connectivity index (χ0v) is 12.2. The molecule has 0 unspecified atom stereocenters. The van der Waals surface area contributed by atoms with E-state index in [1.165, 1.54) is 25.7 Å². The Morgan fingerprint density at radius 2 is 2.00 bits per heavy atom. The van der Waals surface area contributed by atoms with Crippen LogP contribution in [0.3, 0.4) is 0 Å². The third kappa shape index (κ3) is 3.88. The topological polar surface area (TPSA) is 34.9 Å². The van der Waals surface area contributed by atoms with E-state index in [4.69, 9.17) is 0 Å².